The van der Waals surface area contributed by atoms with Crippen LogP contribution < -0.4 is 0 Å². The smallest absolute Gasteiger partial charge is 0.228 e. The van der Waals surface area contributed by atoms with Crippen LogP contribution in [0.5, 0.6) is 0 Å². The molecule has 0 amide bonds. The fourth-order valence-electron chi connectivity index (χ4n) is 1.48. The standard InChI is InChI=1S/C11H12F4O2S/c1-2-5-18(16,17)7-8-6-9(11(13,14)15)3-4-10(8)12/h3-4,6H,2,5,7H2,1H3. The van der Waals surface area contributed by atoms with Crippen LogP contribution in [0.2, 0.25) is 0 Å². The molecule has 102 valence electrons. The first-order chi connectivity index (χ1) is 8.15. The molecule has 0 bridgehead atoms. The SMILES string of the molecule is CCCS(=O)(=O)Cc1cc(C(F)(F)F)ccc1F. The molecule has 0 aliphatic carbocycles. The average molecular weight is 284 g/mol. The summed E-state index contributed by atoms with van der Waals surface area (Å²) in [6.45, 7) is 1.63. The van der Waals surface area contributed by atoms with E-state index in [1.165, 1.54) is 0 Å². The zero-order chi connectivity index (χ0) is 14.0. The number of sulfone groups is 1. The third-order valence-corrected chi connectivity index (χ3v) is 4.04. The lowest BCUT2D eigenvalue weighted by Crippen LogP contribution is -2.12. The van der Waals surface area contributed by atoms with Gasteiger partial charge in [0, 0.05) is 5.56 Å². The van der Waals surface area contributed by atoms with E-state index in [0.717, 1.165) is 0 Å². The number of hydrogen-bond donors (Lipinski definition) is 0. The predicted molar refractivity (Wildman–Crippen MR) is 59.2 cm³/mol. The van der Waals surface area contributed by atoms with Gasteiger partial charge in [0.25, 0.3) is 0 Å². The average Bonchev–Trinajstić information content (AvgIpc) is 2.19. The molecule has 18 heavy (non-hydrogen) atoms. The molecule has 0 aliphatic heterocycles. The van der Waals surface area contributed by atoms with Gasteiger partial charge in [0.2, 0.25) is 0 Å². The number of alkyl halides is 3. The highest BCUT2D eigenvalue weighted by Crippen LogP contribution is 2.30. The third-order valence-electron chi connectivity index (χ3n) is 2.26. The van der Waals surface area contributed by atoms with E-state index in [1.54, 1.807) is 6.92 Å². The predicted octanol–water partition coefficient (Wildman–Crippen LogP) is 3.17. The Hall–Kier alpha value is -1.11. The lowest BCUT2D eigenvalue weighted by molar-refractivity contribution is -0.137. The molecule has 1 aromatic rings. The summed E-state index contributed by atoms with van der Waals surface area (Å²) >= 11 is 0. The molecule has 0 spiro atoms. The summed E-state index contributed by atoms with van der Waals surface area (Å²) < 4.78 is 73.5. The Kier molecular flexibility index (Phi) is 4.37. The van der Waals surface area contributed by atoms with Crippen molar-refractivity contribution in [3.8, 4) is 0 Å². The van der Waals surface area contributed by atoms with Crippen molar-refractivity contribution in [1.82, 2.24) is 0 Å². The molecule has 1 aromatic carbocycles. The van der Waals surface area contributed by atoms with Crippen LogP contribution in [0, 0.1) is 5.82 Å². The summed E-state index contributed by atoms with van der Waals surface area (Å²) in [5, 5.41) is 0. The Morgan fingerprint density at radius 3 is 2.33 bits per heavy atom. The summed E-state index contributed by atoms with van der Waals surface area (Å²) in [4.78, 5) is 0. The maximum absolute atomic E-state index is 13.3. The molecule has 0 fully saturated rings. The number of hydrogen-bond acceptors (Lipinski definition) is 2. The highest BCUT2D eigenvalue weighted by Gasteiger charge is 2.31. The molecular weight excluding hydrogens is 272 g/mol. The van der Waals surface area contributed by atoms with Gasteiger partial charge in [-0.25, -0.2) is 12.8 Å². The van der Waals surface area contributed by atoms with Crippen molar-refractivity contribution in [3.63, 3.8) is 0 Å². The lowest BCUT2D eigenvalue weighted by atomic mass is 10.1. The maximum Gasteiger partial charge on any atom is 0.416 e. The highest BCUT2D eigenvalue weighted by atomic mass is 32.2. The van der Waals surface area contributed by atoms with Crippen molar-refractivity contribution in [3.05, 3.63) is 35.1 Å². The quantitative estimate of drug-likeness (QED) is 0.796. The molecule has 0 heterocycles. The molecule has 7 heteroatoms. The van der Waals surface area contributed by atoms with Crippen LogP contribution in [0.1, 0.15) is 24.5 Å². The second kappa shape index (κ2) is 5.26. The van der Waals surface area contributed by atoms with Crippen molar-refractivity contribution in [2.75, 3.05) is 5.75 Å². The largest absolute Gasteiger partial charge is 0.416 e. The molecule has 0 unspecified atom stereocenters. The normalized spacial score (nSPS) is 12.7. The molecule has 0 saturated carbocycles. The number of halogens is 4. The molecule has 0 atom stereocenters. The van der Waals surface area contributed by atoms with Crippen molar-refractivity contribution in [2.24, 2.45) is 0 Å². The Bertz CT molecular complexity index is 520. The van der Waals surface area contributed by atoms with Crippen LogP contribution in [0.15, 0.2) is 18.2 Å². The van der Waals surface area contributed by atoms with Crippen LogP contribution in [0.4, 0.5) is 17.6 Å². The van der Waals surface area contributed by atoms with Gasteiger partial charge < -0.3 is 0 Å². The Balaban J connectivity index is 3.10. The van der Waals surface area contributed by atoms with E-state index in [2.05, 4.69) is 0 Å². The minimum atomic E-state index is -4.61. The Morgan fingerprint density at radius 1 is 1.22 bits per heavy atom. The van der Waals surface area contributed by atoms with Crippen LogP contribution in [-0.2, 0) is 21.8 Å². The second-order valence-corrected chi connectivity index (χ2v) is 6.08. The van der Waals surface area contributed by atoms with E-state index < -0.39 is 38.7 Å². The van der Waals surface area contributed by atoms with Crippen LogP contribution >= 0.6 is 0 Å². The van der Waals surface area contributed by atoms with E-state index in [1.807, 2.05) is 0 Å². The van der Waals surface area contributed by atoms with E-state index in [4.69, 9.17) is 0 Å². The van der Waals surface area contributed by atoms with Gasteiger partial charge in [-0.3, -0.25) is 0 Å². The van der Waals surface area contributed by atoms with Gasteiger partial charge in [-0.2, -0.15) is 13.2 Å². The fraction of sp³-hybridized carbons (Fsp3) is 0.455. The van der Waals surface area contributed by atoms with Gasteiger partial charge in [-0.1, -0.05) is 6.92 Å². The molecule has 0 saturated heterocycles. The van der Waals surface area contributed by atoms with Gasteiger partial charge in [-0.05, 0) is 24.6 Å². The maximum atomic E-state index is 13.3. The number of rotatable bonds is 4. The molecule has 0 aliphatic rings. The van der Waals surface area contributed by atoms with E-state index in [9.17, 15) is 26.0 Å². The van der Waals surface area contributed by atoms with Crippen LogP contribution in [0.3, 0.4) is 0 Å². The van der Waals surface area contributed by atoms with Crippen LogP contribution in [0.25, 0.3) is 0 Å². The highest BCUT2D eigenvalue weighted by molar-refractivity contribution is 7.90. The first kappa shape index (κ1) is 14.9. The van der Waals surface area contributed by atoms with E-state index in [-0.39, 0.29) is 5.75 Å². The van der Waals surface area contributed by atoms with Crippen molar-refractivity contribution in [1.29, 1.82) is 0 Å². The molecule has 1 rings (SSSR count). The van der Waals surface area contributed by atoms with Gasteiger partial charge in [0.05, 0.1) is 17.1 Å². The van der Waals surface area contributed by atoms with E-state index in [0.29, 0.717) is 24.6 Å². The minimum absolute atomic E-state index is 0.178. The summed E-state index contributed by atoms with van der Waals surface area (Å²) in [5.74, 6) is -1.83. The molecule has 2 nitrogen and oxygen atoms in total. The van der Waals surface area contributed by atoms with Gasteiger partial charge in [0.1, 0.15) is 5.82 Å². The van der Waals surface area contributed by atoms with Crippen molar-refractivity contribution in [2.45, 2.75) is 25.3 Å². The Morgan fingerprint density at radius 2 is 1.83 bits per heavy atom. The van der Waals surface area contributed by atoms with Gasteiger partial charge in [0.15, 0.2) is 9.84 Å². The first-order valence-electron chi connectivity index (χ1n) is 5.22. The van der Waals surface area contributed by atoms with Crippen molar-refractivity contribution >= 4 is 9.84 Å². The minimum Gasteiger partial charge on any atom is -0.228 e. The van der Waals surface area contributed by atoms with Crippen LogP contribution in [-0.4, -0.2) is 14.2 Å². The zero-order valence-corrected chi connectivity index (χ0v) is 10.4. The summed E-state index contributed by atoms with van der Waals surface area (Å²) in [6, 6.07) is 1.77. The summed E-state index contributed by atoms with van der Waals surface area (Å²) in [7, 11) is -3.58. The molecular formula is C11H12F4O2S. The first-order valence-corrected chi connectivity index (χ1v) is 7.04. The molecule has 0 N–H and O–H groups in total. The Labute approximate surface area is 103 Å². The fourth-order valence-corrected chi connectivity index (χ4v) is 2.94. The molecule has 0 radical (unpaired) electrons. The zero-order valence-electron chi connectivity index (χ0n) is 9.59. The summed E-state index contributed by atoms with van der Waals surface area (Å²) in [5.41, 5.74) is -1.50. The second-order valence-electron chi connectivity index (χ2n) is 3.90. The van der Waals surface area contributed by atoms with Gasteiger partial charge >= 0.3 is 6.18 Å². The monoisotopic (exact) mass is 284 g/mol. The molecule has 0 aromatic heterocycles. The van der Waals surface area contributed by atoms with E-state index >= 15 is 0 Å². The topological polar surface area (TPSA) is 34.1 Å². The number of benzene rings is 1. The van der Waals surface area contributed by atoms with Crippen molar-refractivity contribution < 1.29 is 26.0 Å². The lowest BCUT2D eigenvalue weighted by Gasteiger charge is -2.10. The summed E-state index contributed by atoms with van der Waals surface area (Å²) in [6.07, 6.45) is -4.28. The third kappa shape index (κ3) is 3.97. The van der Waals surface area contributed by atoms with Gasteiger partial charge in [-0.15, -0.1) is 0 Å².